The molecule has 1 N–H and O–H groups in total. The van der Waals surface area contributed by atoms with Crippen LogP contribution in [0.1, 0.15) is 0 Å². The number of hydrogen-bond acceptors (Lipinski definition) is 1. The average molecular weight is 198 g/mol. The molecule has 0 bridgehead atoms. The van der Waals surface area contributed by atoms with Crippen LogP contribution in [0.15, 0.2) is 29.3 Å². The van der Waals surface area contributed by atoms with Gasteiger partial charge in [-0.25, -0.2) is 0 Å². The zero-order chi connectivity index (χ0) is 8.55. The third kappa shape index (κ3) is 1.11. The standard InChI is InChI=1S/C9H8ClNS/c1-12-8-5-11-7-4-2-3-6(10)9(7)8/h2-5,11H,1H3. The summed E-state index contributed by atoms with van der Waals surface area (Å²) in [6.45, 7) is 0. The fourth-order valence-corrected chi connectivity index (χ4v) is 2.20. The van der Waals surface area contributed by atoms with Crippen LogP contribution >= 0.6 is 23.4 Å². The highest BCUT2D eigenvalue weighted by atomic mass is 35.5. The zero-order valence-corrected chi connectivity index (χ0v) is 8.17. The van der Waals surface area contributed by atoms with Gasteiger partial charge in [0.25, 0.3) is 0 Å². The Labute approximate surface area is 80.1 Å². The van der Waals surface area contributed by atoms with Crippen molar-refractivity contribution in [3.8, 4) is 0 Å². The van der Waals surface area contributed by atoms with Gasteiger partial charge in [-0.15, -0.1) is 11.8 Å². The van der Waals surface area contributed by atoms with Gasteiger partial charge >= 0.3 is 0 Å². The molecular formula is C9H8ClNS. The first kappa shape index (κ1) is 8.02. The van der Waals surface area contributed by atoms with Crippen LogP contribution < -0.4 is 0 Å². The predicted molar refractivity (Wildman–Crippen MR) is 55.1 cm³/mol. The molecule has 0 aliphatic carbocycles. The van der Waals surface area contributed by atoms with Gasteiger partial charge in [-0.1, -0.05) is 17.7 Å². The Morgan fingerprint density at radius 3 is 3.00 bits per heavy atom. The second-order valence-corrected chi connectivity index (χ2v) is 3.77. The van der Waals surface area contributed by atoms with E-state index in [0.29, 0.717) is 0 Å². The van der Waals surface area contributed by atoms with Crippen LogP contribution in [-0.2, 0) is 0 Å². The number of aromatic amines is 1. The number of H-pyrrole nitrogens is 1. The normalized spacial score (nSPS) is 10.8. The van der Waals surface area contributed by atoms with E-state index >= 15 is 0 Å². The molecule has 0 saturated heterocycles. The Hall–Kier alpha value is -0.600. The number of hydrogen-bond donors (Lipinski definition) is 1. The molecule has 0 amide bonds. The molecule has 1 aromatic heterocycles. The lowest BCUT2D eigenvalue weighted by Crippen LogP contribution is -1.69. The summed E-state index contributed by atoms with van der Waals surface area (Å²) in [6.07, 6.45) is 4.03. The Morgan fingerprint density at radius 2 is 2.25 bits per heavy atom. The van der Waals surface area contributed by atoms with Crippen LogP contribution in [-0.4, -0.2) is 11.2 Å². The third-order valence-electron chi connectivity index (χ3n) is 1.84. The number of rotatable bonds is 1. The number of thioether (sulfide) groups is 1. The molecule has 0 radical (unpaired) electrons. The van der Waals surface area contributed by atoms with Gasteiger partial charge in [0.2, 0.25) is 0 Å². The van der Waals surface area contributed by atoms with Crippen LogP contribution in [0.2, 0.25) is 5.02 Å². The van der Waals surface area contributed by atoms with E-state index in [-0.39, 0.29) is 0 Å². The zero-order valence-electron chi connectivity index (χ0n) is 6.60. The Balaban J connectivity index is 2.83. The molecule has 2 aromatic rings. The molecule has 0 fully saturated rings. The van der Waals surface area contributed by atoms with Crippen molar-refractivity contribution in [1.29, 1.82) is 0 Å². The summed E-state index contributed by atoms with van der Waals surface area (Å²) in [4.78, 5) is 4.38. The minimum absolute atomic E-state index is 0.818. The van der Waals surface area contributed by atoms with Gasteiger partial charge in [0, 0.05) is 22.0 Å². The number of aromatic nitrogens is 1. The van der Waals surface area contributed by atoms with E-state index in [1.54, 1.807) is 11.8 Å². The maximum absolute atomic E-state index is 6.05. The first-order valence-electron chi connectivity index (χ1n) is 3.62. The van der Waals surface area contributed by atoms with Crippen molar-refractivity contribution in [1.82, 2.24) is 4.98 Å². The molecular weight excluding hydrogens is 190 g/mol. The van der Waals surface area contributed by atoms with Crippen LogP contribution in [0.5, 0.6) is 0 Å². The third-order valence-corrected chi connectivity index (χ3v) is 2.92. The van der Waals surface area contributed by atoms with E-state index in [4.69, 9.17) is 11.6 Å². The lowest BCUT2D eigenvalue weighted by Gasteiger charge is -1.95. The van der Waals surface area contributed by atoms with E-state index in [1.807, 2.05) is 30.7 Å². The quantitative estimate of drug-likeness (QED) is 0.692. The Kier molecular flexibility index (Phi) is 2.03. The topological polar surface area (TPSA) is 15.8 Å². The van der Waals surface area contributed by atoms with E-state index in [0.717, 1.165) is 15.9 Å². The Bertz CT molecular complexity index is 408. The van der Waals surface area contributed by atoms with Gasteiger partial charge < -0.3 is 4.98 Å². The van der Waals surface area contributed by atoms with Crippen LogP contribution in [0.4, 0.5) is 0 Å². The molecule has 0 unspecified atom stereocenters. The molecule has 1 heterocycles. The van der Waals surface area contributed by atoms with E-state index in [2.05, 4.69) is 4.98 Å². The average Bonchev–Trinajstić information content (AvgIpc) is 2.49. The van der Waals surface area contributed by atoms with Gasteiger partial charge in [0.15, 0.2) is 0 Å². The van der Waals surface area contributed by atoms with Gasteiger partial charge in [-0.3, -0.25) is 0 Å². The summed E-state index contributed by atoms with van der Waals surface area (Å²) >= 11 is 7.75. The number of fused-ring (bicyclic) bond motifs is 1. The summed E-state index contributed by atoms with van der Waals surface area (Å²) in [7, 11) is 0. The molecule has 0 aliphatic heterocycles. The second kappa shape index (κ2) is 3.04. The number of halogens is 1. The smallest absolute Gasteiger partial charge is 0.0511 e. The van der Waals surface area contributed by atoms with Crippen molar-refractivity contribution in [2.45, 2.75) is 4.90 Å². The summed E-state index contributed by atoms with van der Waals surface area (Å²) < 4.78 is 0. The van der Waals surface area contributed by atoms with Crippen molar-refractivity contribution in [3.63, 3.8) is 0 Å². The fourth-order valence-electron chi connectivity index (χ4n) is 1.27. The molecule has 1 aromatic carbocycles. The summed E-state index contributed by atoms with van der Waals surface area (Å²) in [5.41, 5.74) is 1.10. The van der Waals surface area contributed by atoms with Crippen molar-refractivity contribution in [2.75, 3.05) is 6.26 Å². The molecule has 0 saturated carbocycles. The van der Waals surface area contributed by atoms with Gasteiger partial charge in [-0.05, 0) is 18.4 Å². The van der Waals surface area contributed by atoms with Crippen molar-refractivity contribution >= 4 is 34.3 Å². The molecule has 12 heavy (non-hydrogen) atoms. The maximum atomic E-state index is 6.05. The first-order valence-corrected chi connectivity index (χ1v) is 5.23. The van der Waals surface area contributed by atoms with Crippen molar-refractivity contribution in [3.05, 3.63) is 29.4 Å². The maximum Gasteiger partial charge on any atom is 0.0511 e. The molecule has 1 nitrogen and oxygen atoms in total. The molecule has 3 heteroatoms. The molecule has 2 rings (SSSR count). The SMILES string of the molecule is CSc1c[nH]c2cccc(Cl)c12. The summed E-state index contributed by atoms with van der Waals surface area (Å²) in [5, 5.41) is 1.95. The molecule has 0 spiro atoms. The highest BCUT2D eigenvalue weighted by Gasteiger charge is 2.04. The summed E-state index contributed by atoms with van der Waals surface area (Å²) in [6, 6.07) is 5.89. The van der Waals surface area contributed by atoms with Crippen LogP contribution in [0.3, 0.4) is 0 Å². The highest BCUT2D eigenvalue weighted by Crippen LogP contribution is 2.31. The van der Waals surface area contributed by atoms with Crippen LogP contribution in [0.25, 0.3) is 10.9 Å². The predicted octanol–water partition coefficient (Wildman–Crippen LogP) is 3.54. The Morgan fingerprint density at radius 1 is 1.42 bits per heavy atom. The second-order valence-electron chi connectivity index (χ2n) is 2.52. The van der Waals surface area contributed by atoms with Crippen LogP contribution in [0, 0.1) is 0 Å². The monoisotopic (exact) mass is 197 g/mol. The molecule has 0 atom stereocenters. The van der Waals surface area contributed by atoms with Crippen molar-refractivity contribution in [2.24, 2.45) is 0 Å². The van der Waals surface area contributed by atoms with Crippen molar-refractivity contribution < 1.29 is 0 Å². The number of nitrogens with one attached hydrogen (secondary N) is 1. The molecule has 62 valence electrons. The fraction of sp³-hybridized carbons (Fsp3) is 0.111. The largest absolute Gasteiger partial charge is 0.360 e. The van der Waals surface area contributed by atoms with E-state index < -0.39 is 0 Å². The van der Waals surface area contributed by atoms with E-state index in [1.165, 1.54) is 4.90 Å². The van der Waals surface area contributed by atoms with Gasteiger partial charge in [0.1, 0.15) is 0 Å². The lowest BCUT2D eigenvalue weighted by atomic mass is 10.2. The highest BCUT2D eigenvalue weighted by molar-refractivity contribution is 7.98. The number of benzene rings is 1. The van der Waals surface area contributed by atoms with Gasteiger partial charge in [0.05, 0.1) is 5.02 Å². The van der Waals surface area contributed by atoms with Gasteiger partial charge in [-0.2, -0.15) is 0 Å². The minimum Gasteiger partial charge on any atom is -0.360 e. The first-order chi connectivity index (χ1) is 5.83. The summed E-state index contributed by atoms with van der Waals surface area (Å²) in [5.74, 6) is 0. The molecule has 0 aliphatic rings. The van der Waals surface area contributed by atoms with E-state index in [9.17, 15) is 0 Å². The lowest BCUT2D eigenvalue weighted by molar-refractivity contribution is 1.42. The minimum atomic E-state index is 0.818.